The largest absolute Gasteiger partial charge is 0.484 e. The molecule has 3 aliphatic rings. The van der Waals surface area contributed by atoms with Crippen molar-refractivity contribution in [3.8, 4) is 5.75 Å². The molecule has 0 aliphatic heterocycles. The number of rotatable bonds is 7. The van der Waals surface area contributed by atoms with E-state index in [1.165, 1.54) is 17.7 Å². The van der Waals surface area contributed by atoms with E-state index in [-0.39, 0.29) is 46.6 Å². The van der Waals surface area contributed by atoms with Crippen LogP contribution in [-0.2, 0) is 21.5 Å². The molecule has 0 heterocycles. The van der Waals surface area contributed by atoms with Gasteiger partial charge in [0.2, 0.25) is 5.91 Å². The number of amides is 2. The van der Waals surface area contributed by atoms with Gasteiger partial charge in [0.05, 0.1) is 5.02 Å². The highest BCUT2D eigenvalue weighted by molar-refractivity contribution is 6.30. The lowest BCUT2D eigenvalue weighted by Crippen LogP contribution is -2.56. The van der Waals surface area contributed by atoms with Crippen molar-refractivity contribution in [2.75, 3.05) is 6.61 Å². The third kappa shape index (κ3) is 5.72. The zero-order valence-corrected chi connectivity index (χ0v) is 20.6. The summed E-state index contributed by atoms with van der Waals surface area (Å²) in [5.74, 6) is 0.114. The molecular formula is C27H32ClFN2O3. The van der Waals surface area contributed by atoms with E-state index >= 15 is 0 Å². The number of nitrogens with one attached hydrogen (secondary N) is 2. The molecule has 2 aromatic carbocycles. The van der Waals surface area contributed by atoms with Crippen LogP contribution in [0.1, 0.15) is 51.2 Å². The van der Waals surface area contributed by atoms with E-state index in [0.717, 1.165) is 24.5 Å². The molecule has 5 rings (SSSR count). The maximum absolute atomic E-state index is 13.5. The Morgan fingerprint density at radius 3 is 2.41 bits per heavy atom. The van der Waals surface area contributed by atoms with Crippen LogP contribution in [0.5, 0.6) is 5.75 Å². The third-order valence-corrected chi connectivity index (χ3v) is 7.39. The van der Waals surface area contributed by atoms with Gasteiger partial charge in [-0.2, -0.15) is 0 Å². The van der Waals surface area contributed by atoms with Crippen molar-refractivity contribution in [1.82, 2.24) is 10.6 Å². The third-order valence-electron chi connectivity index (χ3n) is 7.09. The standard InChI is InChI=1S/C27H32ClFN2O3/c1-27(2,3)19-6-4-16(5-7-19)14-30-26(33)21-13-24(18-10-17(21)11-18)31-25(32)15-34-20-8-9-22(28)23(29)12-20/h4-9,12,17-18,21,24H,10-11,13-15H2,1-3H3,(H,30,33)(H,31,32)/t17?,18?,21-,24+/m1/s1. The second-order valence-corrected chi connectivity index (χ2v) is 10.9. The molecule has 0 unspecified atom stereocenters. The topological polar surface area (TPSA) is 67.4 Å². The average Bonchev–Trinajstić information content (AvgIpc) is 2.77. The van der Waals surface area contributed by atoms with Crippen molar-refractivity contribution in [1.29, 1.82) is 0 Å². The highest BCUT2D eigenvalue weighted by Crippen LogP contribution is 2.49. The number of fused-ring (bicyclic) bond motifs is 2. The van der Waals surface area contributed by atoms with Crippen molar-refractivity contribution in [3.63, 3.8) is 0 Å². The molecule has 3 saturated carbocycles. The molecule has 2 aromatic rings. The Kier molecular flexibility index (Phi) is 7.17. The first-order valence-corrected chi connectivity index (χ1v) is 12.2. The number of ether oxygens (including phenoxy) is 1. The van der Waals surface area contributed by atoms with Crippen molar-refractivity contribution >= 4 is 23.4 Å². The maximum Gasteiger partial charge on any atom is 0.258 e. The first-order valence-electron chi connectivity index (χ1n) is 11.8. The van der Waals surface area contributed by atoms with E-state index in [1.807, 2.05) is 0 Å². The molecular weight excluding hydrogens is 455 g/mol. The lowest BCUT2D eigenvalue weighted by molar-refractivity contribution is -0.136. The van der Waals surface area contributed by atoms with Gasteiger partial charge in [-0.3, -0.25) is 9.59 Å². The number of carbonyl (C=O) groups is 2. The number of hydrogen-bond acceptors (Lipinski definition) is 3. The Bertz CT molecular complexity index is 1040. The fourth-order valence-electron chi connectivity index (χ4n) is 4.93. The van der Waals surface area contributed by atoms with Crippen LogP contribution in [0.25, 0.3) is 0 Å². The summed E-state index contributed by atoms with van der Waals surface area (Å²) in [5, 5.41) is 6.11. The first kappa shape index (κ1) is 24.5. The summed E-state index contributed by atoms with van der Waals surface area (Å²) in [6.07, 6.45) is 2.53. The Balaban J connectivity index is 1.26. The van der Waals surface area contributed by atoms with Gasteiger partial charge in [0.1, 0.15) is 11.6 Å². The maximum atomic E-state index is 13.5. The molecule has 3 aliphatic carbocycles. The van der Waals surface area contributed by atoms with Crippen LogP contribution in [0.2, 0.25) is 5.02 Å². The van der Waals surface area contributed by atoms with E-state index in [4.69, 9.17) is 16.3 Å². The van der Waals surface area contributed by atoms with Gasteiger partial charge < -0.3 is 15.4 Å². The Morgan fingerprint density at radius 2 is 1.76 bits per heavy atom. The number of benzene rings is 2. The lowest BCUT2D eigenvalue weighted by Gasteiger charge is -2.50. The minimum atomic E-state index is -0.591. The zero-order valence-electron chi connectivity index (χ0n) is 19.9. The van der Waals surface area contributed by atoms with Gasteiger partial charge in [-0.1, -0.05) is 56.6 Å². The van der Waals surface area contributed by atoms with Crippen LogP contribution in [0.3, 0.4) is 0 Å². The highest BCUT2D eigenvalue weighted by Gasteiger charge is 2.48. The first-order chi connectivity index (χ1) is 16.1. The van der Waals surface area contributed by atoms with Crippen LogP contribution in [-0.4, -0.2) is 24.5 Å². The summed E-state index contributed by atoms with van der Waals surface area (Å²) in [5.41, 5.74) is 2.43. The molecule has 2 amide bonds. The van der Waals surface area contributed by atoms with Gasteiger partial charge >= 0.3 is 0 Å². The smallest absolute Gasteiger partial charge is 0.258 e. The normalized spacial score (nSPS) is 23.6. The van der Waals surface area contributed by atoms with E-state index < -0.39 is 5.82 Å². The van der Waals surface area contributed by atoms with Crippen molar-refractivity contribution < 1.29 is 18.7 Å². The SMILES string of the molecule is CC(C)(C)c1ccc(CNC(=O)[C@@H]2C[C@H](NC(=O)COc3ccc(Cl)c(F)c3)C3CC2C3)cc1. The molecule has 2 atom stereocenters. The number of hydrogen-bond donors (Lipinski definition) is 2. The number of carbonyl (C=O) groups excluding carboxylic acids is 2. The van der Waals surface area contributed by atoms with Gasteiger partial charge in [0, 0.05) is 24.6 Å². The summed E-state index contributed by atoms with van der Waals surface area (Å²) in [6.45, 7) is 6.82. The molecule has 2 N–H and O–H groups in total. The second-order valence-electron chi connectivity index (χ2n) is 10.5. The summed E-state index contributed by atoms with van der Waals surface area (Å²) < 4.78 is 18.9. The van der Waals surface area contributed by atoms with Crippen molar-refractivity contribution in [2.45, 2.75) is 58.0 Å². The van der Waals surface area contributed by atoms with Gasteiger partial charge in [0.25, 0.3) is 5.91 Å². The Morgan fingerprint density at radius 1 is 1.06 bits per heavy atom. The van der Waals surface area contributed by atoms with Crippen molar-refractivity contribution in [3.05, 3.63) is 64.4 Å². The predicted octanol–water partition coefficient (Wildman–Crippen LogP) is 5.00. The summed E-state index contributed by atoms with van der Waals surface area (Å²) in [4.78, 5) is 25.4. The molecule has 182 valence electrons. The highest BCUT2D eigenvalue weighted by atomic mass is 35.5. The van der Waals surface area contributed by atoms with E-state index in [2.05, 4.69) is 55.7 Å². The van der Waals surface area contributed by atoms with E-state index in [1.54, 1.807) is 0 Å². The summed E-state index contributed by atoms with van der Waals surface area (Å²) >= 11 is 5.67. The van der Waals surface area contributed by atoms with Crippen LogP contribution >= 0.6 is 11.6 Å². The van der Waals surface area contributed by atoms with Gasteiger partial charge in [-0.05, 0) is 59.8 Å². The average molecular weight is 487 g/mol. The number of halogens is 2. The molecule has 0 aromatic heterocycles. The fraction of sp³-hybridized carbons (Fsp3) is 0.481. The van der Waals surface area contributed by atoms with Crippen molar-refractivity contribution in [2.24, 2.45) is 17.8 Å². The lowest BCUT2D eigenvalue weighted by atomic mass is 9.57. The molecule has 0 spiro atoms. The minimum Gasteiger partial charge on any atom is -0.484 e. The van der Waals surface area contributed by atoms with Gasteiger partial charge in [-0.25, -0.2) is 4.39 Å². The van der Waals surface area contributed by atoms with Gasteiger partial charge in [-0.15, -0.1) is 0 Å². The molecule has 2 bridgehead atoms. The quantitative estimate of drug-likeness (QED) is 0.578. The minimum absolute atomic E-state index is 0.00443. The van der Waals surface area contributed by atoms with Crippen LogP contribution in [0, 0.1) is 23.6 Å². The zero-order chi connectivity index (χ0) is 24.5. The van der Waals surface area contributed by atoms with Gasteiger partial charge in [0.15, 0.2) is 6.61 Å². The molecule has 0 radical (unpaired) electrons. The van der Waals surface area contributed by atoms with E-state index in [0.29, 0.717) is 24.8 Å². The predicted molar refractivity (Wildman–Crippen MR) is 130 cm³/mol. The fourth-order valence-corrected chi connectivity index (χ4v) is 5.05. The molecule has 34 heavy (non-hydrogen) atoms. The molecule has 0 saturated heterocycles. The van der Waals surface area contributed by atoms with Crippen LogP contribution < -0.4 is 15.4 Å². The summed E-state index contributed by atoms with van der Waals surface area (Å²) in [7, 11) is 0. The Hall–Kier alpha value is -2.60. The second kappa shape index (κ2) is 9.95. The van der Waals surface area contributed by atoms with Crippen LogP contribution in [0.15, 0.2) is 42.5 Å². The summed E-state index contributed by atoms with van der Waals surface area (Å²) in [6, 6.07) is 12.4. The molecule has 3 fully saturated rings. The van der Waals surface area contributed by atoms with Crippen LogP contribution in [0.4, 0.5) is 4.39 Å². The van der Waals surface area contributed by atoms with E-state index in [9.17, 15) is 14.0 Å². The Labute approximate surface area is 205 Å². The molecule has 5 nitrogen and oxygen atoms in total. The molecule has 7 heteroatoms. The monoisotopic (exact) mass is 486 g/mol.